The molecule has 1 aromatic heterocycles. The number of phenolic OH excluding ortho intramolecular Hbond substituents is 1. The zero-order valence-electron chi connectivity index (χ0n) is 17.4. The summed E-state index contributed by atoms with van der Waals surface area (Å²) >= 11 is 6.30. The summed E-state index contributed by atoms with van der Waals surface area (Å²) in [5, 5.41) is 11.0. The van der Waals surface area contributed by atoms with Crippen molar-refractivity contribution in [2.24, 2.45) is 0 Å². The number of aromatic amines is 1. The molecule has 31 heavy (non-hydrogen) atoms. The van der Waals surface area contributed by atoms with Crippen molar-refractivity contribution < 1.29 is 9.90 Å². The number of rotatable bonds is 5. The van der Waals surface area contributed by atoms with Crippen LogP contribution in [0.3, 0.4) is 0 Å². The van der Waals surface area contributed by atoms with E-state index in [4.69, 9.17) is 11.6 Å². The van der Waals surface area contributed by atoms with Crippen LogP contribution in [0.2, 0.25) is 5.02 Å². The fourth-order valence-electron chi connectivity index (χ4n) is 4.71. The minimum atomic E-state index is -0.0357. The summed E-state index contributed by atoms with van der Waals surface area (Å²) in [5.74, 6) is 0.624. The van der Waals surface area contributed by atoms with Crippen molar-refractivity contribution in [1.82, 2.24) is 14.8 Å². The molecule has 0 spiro atoms. The molecule has 3 heterocycles. The molecular formula is C24H26ClN3O3. The van der Waals surface area contributed by atoms with Gasteiger partial charge in [0.15, 0.2) is 5.43 Å². The van der Waals surface area contributed by atoms with E-state index >= 15 is 0 Å². The third-order valence-corrected chi connectivity index (χ3v) is 7.08. The third-order valence-electron chi connectivity index (χ3n) is 6.75. The van der Waals surface area contributed by atoms with Crippen LogP contribution in [0.4, 0.5) is 0 Å². The summed E-state index contributed by atoms with van der Waals surface area (Å²) in [6.07, 6.45) is 4.85. The summed E-state index contributed by atoms with van der Waals surface area (Å²) in [5.41, 5.74) is 4.51. The number of fused-ring (bicyclic) bond motifs is 1. The number of aromatic hydroxyl groups is 1. The Morgan fingerprint density at radius 2 is 2.06 bits per heavy atom. The summed E-state index contributed by atoms with van der Waals surface area (Å²) in [4.78, 5) is 32.1. The van der Waals surface area contributed by atoms with Gasteiger partial charge in [0.05, 0.1) is 0 Å². The first-order valence-electron chi connectivity index (χ1n) is 10.8. The minimum Gasteiger partial charge on any atom is -0.508 e. The Bertz CT molecular complexity index is 1120. The molecule has 2 aliphatic heterocycles. The second-order valence-electron chi connectivity index (χ2n) is 8.89. The van der Waals surface area contributed by atoms with Crippen LogP contribution in [0.1, 0.15) is 46.8 Å². The molecule has 1 saturated carbocycles. The number of nitrogens with zero attached hydrogens (tertiary/aromatic N) is 2. The van der Waals surface area contributed by atoms with Gasteiger partial charge in [0.1, 0.15) is 5.75 Å². The number of amides is 1. The van der Waals surface area contributed by atoms with E-state index in [-0.39, 0.29) is 17.1 Å². The van der Waals surface area contributed by atoms with Crippen LogP contribution < -0.4 is 5.43 Å². The van der Waals surface area contributed by atoms with Gasteiger partial charge in [0, 0.05) is 78.7 Å². The van der Waals surface area contributed by atoms with Gasteiger partial charge >= 0.3 is 0 Å². The molecule has 0 unspecified atom stereocenters. The third kappa shape index (κ3) is 3.90. The van der Waals surface area contributed by atoms with Crippen molar-refractivity contribution in [1.29, 1.82) is 0 Å². The lowest BCUT2D eigenvalue weighted by molar-refractivity contribution is -0.133. The number of benzene rings is 1. The Hall–Kier alpha value is -2.57. The number of H-pyrrole nitrogens is 1. The highest BCUT2D eigenvalue weighted by atomic mass is 35.5. The predicted octanol–water partition coefficient (Wildman–Crippen LogP) is 2.96. The van der Waals surface area contributed by atoms with Crippen LogP contribution in [0.5, 0.6) is 5.75 Å². The van der Waals surface area contributed by atoms with Gasteiger partial charge in [-0.05, 0) is 42.5 Å². The van der Waals surface area contributed by atoms with Gasteiger partial charge in [-0.2, -0.15) is 0 Å². The van der Waals surface area contributed by atoms with E-state index in [0.29, 0.717) is 43.0 Å². The van der Waals surface area contributed by atoms with E-state index < -0.39 is 0 Å². The predicted molar refractivity (Wildman–Crippen MR) is 120 cm³/mol. The Kier molecular flexibility index (Phi) is 5.15. The molecule has 7 heteroatoms. The SMILES string of the molecule is C=CC(=O)N1CC(N2CCc3[nH]c(Cc4cc(C5CC5)c(Cl)cc4O)cc(=O)c3C2)C1. The molecule has 1 aromatic carbocycles. The molecule has 2 N–H and O–H groups in total. The summed E-state index contributed by atoms with van der Waals surface area (Å²) in [7, 11) is 0. The number of likely N-dealkylation sites (tertiary alicyclic amines) is 1. The number of nitrogens with one attached hydrogen (secondary N) is 1. The maximum absolute atomic E-state index is 12.9. The fraction of sp³-hybridized carbons (Fsp3) is 0.417. The first-order chi connectivity index (χ1) is 14.9. The Balaban J connectivity index is 1.32. The summed E-state index contributed by atoms with van der Waals surface area (Å²) in [6, 6.07) is 5.56. The normalized spacial score (nSPS) is 19.1. The topological polar surface area (TPSA) is 76.6 Å². The second kappa shape index (κ2) is 7.84. The second-order valence-corrected chi connectivity index (χ2v) is 9.30. The number of hydrogen-bond acceptors (Lipinski definition) is 4. The Labute approximate surface area is 186 Å². The van der Waals surface area contributed by atoms with Crippen LogP contribution in [0, 0.1) is 0 Å². The van der Waals surface area contributed by atoms with Crippen molar-refractivity contribution in [3.8, 4) is 5.75 Å². The van der Waals surface area contributed by atoms with E-state index in [0.717, 1.165) is 53.9 Å². The molecule has 0 atom stereocenters. The average Bonchev–Trinajstić information content (AvgIpc) is 3.54. The van der Waals surface area contributed by atoms with Gasteiger partial charge < -0.3 is 15.0 Å². The first-order valence-corrected chi connectivity index (χ1v) is 11.2. The largest absolute Gasteiger partial charge is 0.508 e. The van der Waals surface area contributed by atoms with Crippen LogP contribution in [-0.2, 0) is 24.2 Å². The van der Waals surface area contributed by atoms with Crippen molar-refractivity contribution >= 4 is 17.5 Å². The summed E-state index contributed by atoms with van der Waals surface area (Å²) in [6.45, 7) is 6.37. The highest BCUT2D eigenvalue weighted by molar-refractivity contribution is 6.31. The highest BCUT2D eigenvalue weighted by Gasteiger charge is 2.35. The van der Waals surface area contributed by atoms with E-state index in [2.05, 4.69) is 16.5 Å². The molecule has 5 rings (SSSR count). The number of hydrogen-bond donors (Lipinski definition) is 2. The van der Waals surface area contributed by atoms with E-state index in [1.807, 2.05) is 6.07 Å². The lowest BCUT2D eigenvalue weighted by atomic mass is 9.98. The molecule has 1 amide bonds. The van der Waals surface area contributed by atoms with Gasteiger partial charge in [0.25, 0.3) is 0 Å². The van der Waals surface area contributed by atoms with Crippen LogP contribution in [0.15, 0.2) is 35.6 Å². The number of carbonyl (C=O) groups excluding carboxylic acids is 1. The van der Waals surface area contributed by atoms with Gasteiger partial charge in [0.2, 0.25) is 5.91 Å². The Morgan fingerprint density at radius 1 is 1.29 bits per heavy atom. The number of carbonyl (C=O) groups is 1. The van der Waals surface area contributed by atoms with Crippen molar-refractivity contribution in [3.05, 3.63) is 74.2 Å². The van der Waals surface area contributed by atoms with Crippen molar-refractivity contribution in [3.63, 3.8) is 0 Å². The van der Waals surface area contributed by atoms with Crippen LogP contribution in [-0.4, -0.2) is 51.5 Å². The number of aromatic nitrogens is 1. The molecule has 162 valence electrons. The maximum atomic E-state index is 12.9. The van der Waals surface area contributed by atoms with Gasteiger partial charge in [-0.15, -0.1) is 0 Å². The average molecular weight is 440 g/mol. The molecule has 2 fully saturated rings. The molecule has 0 radical (unpaired) electrons. The van der Waals surface area contributed by atoms with Gasteiger partial charge in [-0.25, -0.2) is 0 Å². The Morgan fingerprint density at radius 3 is 2.77 bits per heavy atom. The minimum absolute atomic E-state index is 0.0302. The van der Waals surface area contributed by atoms with Crippen molar-refractivity contribution in [2.45, 2.75) is 44.2 Å². The van der Waals surface area contributed by atoms with Crippen molar-refractivity contribution in [2.75, 3.05) is 19.6 Å². The standard InChI is InChI=1S/C24H26ClN3O3/c1-2-24(31)28-11-17(12-28)27-6-5-21-19(13-27)23(30)9-16(26-21)7-15-8-18(14-3-4-14)20(25)10-22(15)29/h2,8-10,14,17,29H,1,3-7,11-13H2,(H,26,30). The van der Waals surface area contributed by atoms with Gasteiger partial charge in [-0.3, -0.25) is 14.5 Å². The lowest BCUT2D eigenvalue weighted by Gasteiger charge is -2.46. The number of pyridine rings is 1. The lowest BCUT2D eigenvalue weighted by Crippen LogP contribution is -2.61. The molecule has 1 aliphatic carbocycles. The highest BCUT2D eigenvalue weighted by Crippen LogP contribution is 2.45. The number of phenols is 1. The number of halogens is 1. The molecule has 6 nitrogen and oxygen atoms in total. The van der Waals surface area contributed by atoms with Gasteiger partial charge in [-0.1, -0.05) is 18.2 Å². The van der Waals surface area contributed by atoms with E-state index in [1.54, 1.807) is 17.0 Å². The van der Waals surface area contributed by atoms with E-state index in [1.165, 1.54) is 6.08 Å². The zero-order valence-corrected chi connectivity index (χ0v) is 18.1. The monoisotopic (exact) mass is 439 g/mol. The summed E-state index contributed by atoms with van der Waals surface area (Å²) < 4.78 is 0. The molecule has 0 bridgehead atoms. The molecule has 2 aromatic rings. The van der Waals surface area contributed by atoms with E-state index in [9.17, 15) is 14.7 Å². The fourth-order valence-corrected chi connectivity index (χ4v) is 5.02. The zero-order chi connectivity index (χ0) is 21.7. The quantitative estimate of drug-likeness (QED) is 0.702. The smallest absolute Gasteiger partial charge is 0.246 e. The maximum Gasteiger partial charge on any atom is 0.246 e. The molecular weight excluding hydrogens is 414 g/mol. The molecule has 1 saturated heterocycles. The molecule has 3 aliphatic rings. The van der Waals surface area contributed by atoms with Crippen LogP contribution >= 0.6 is 11.6 Å². The first kappa shape index (κ1) is 20.3. The van der Waals surface area contributed by atoms with Crippen LogP contribution in [0.25, 0.3) is 0 Å².